The predicted octanol–water partition coefficient (Wildman–Crippen LogP) is 5.63. The topological polar surface area (TPSA) is 87.0 Å². The maximum Gasteiger partial charge on any atom is 0.250 e. The quantitative estimate of drug-likeness (QED) is 0.440. The fourth-order valence-corrected chi connectivity index (χ4v) is 3.58. The highest BCUT2D eigenvalue weighted by atomic mass is 16.5. The molecule has 0 saturated carbocycles. The third kappa shape index (κ3) is 5.08. The van der Waals surface area contributed by atoms with Crippen molar-refractivity contribution in [3.8, 4) is 0 Å². The van der Waals surface area contributed by atoms with Crippen molar-refractivity contribution in [3.05, 3.63) is 71.2 Å². The van der Waals surface area contributed by atoms with Gasteiger partial charge in [0.15, 0.2) is 0 Å². The van der Waals surface area contributed by atoms with Gasteiger partial charge >= 0.3 is 0 Å². The van der Waals surface area contributed by atoms with E-state index >= 15 is 0 Å². The predicted molar refractivity (Wildman–Crippen MR) is 130 cm³/mol. The SMILES string of the molecule is CC.CC1=CC=CCc2[nH]c(C(=O)c3cc4c(NC(=O)COC(C)C)cccc4[nH]3)cc21. The smallest absolute Gasteiger partial charge is 0.250 e. The number of nitrogens with one attached hydrogen (secondary N) is 3. The van der Waals surface area contributed by atoms with E-state index in [9.17, 15) is 9.59 Å². The summed E-state index contributed by atoms with van der Waals surface area (Å²) in [5.41, 5.74) is 5.68. The van der Waals surface area contributed by atoms with Crippen LogP contribution in [-0.4, -0.2) is 34.4 Å². The van der Waals surface area contributed by atoms with Crippen LogP contribution in [0.3, 0.4) is 0 Å². The Morgan fingerprint density at radius 1 is 1.12 bits per heavy atom. The molecule has 0 spiro atoms. The number of aromatic amines is 2. The average Bonchev–Trinajstić information content (AvgIpc) is 3.37. The van der Waals surface area contributed by atoms with E-state index in [1.807, 2.05) is 65.0 Å². The second-order valence-corrected chi connectivity index (χ2v) is 7.74. The van der Waals surface area contributed by atoms with Gasteiger partial charge in [0.25, 0.3) is 0 Å². The summed E-state index contributed by atoms with van der Waals surface area (Å²) in [6.07, 6.45) is 6.89. The standard InChI is InChI=1S/C24H25N3O3.C2H6/c1-14(2)30-13-23(28)27-20-10-6-9-19-17(20)12-22(26-19)24(29)21-11-16-15(3)7-4-5-8-18(16)25-21;1-2/h4-7,9-12,14,25-26H,8,13H2,1-3H3,(H,27,28);1-2H3. The molecular formula is C26H31N3O3. The van der Waals surface area contributed by atoms with E-state index in [0.29, 0.717) is 17.1 Å². The van der Waals surface area contributed by atoms with Gasteiger partial charge in [0.05, 0.1) is 23.2 Å². The molecular weight excluding hydrogens is 402 g/mol. The highest BCUT2D eigenvalue weighted by Gasteiger charge is 2.19. The normalized spacial score (nSPS) is 12.6. The van der Waals surface area contributed by atoms with E-state index in [2.05, 4.69) is 27.4 Å². The number of amides is 1. The maximum atomic E-state index is 13.1. The van der Waals surface area contributed by atoms with Crippen LogP contribution in [0.5, 0.6) is 0 Å². The zero-order valence-electron chi connectivity index (χ0n) is 19.3. The van der Waals surface area contributed by atoms with Gasteiger partial charge in [-0.15, -0.1) is 0 Å². The van der Waals surface area contributed by atoms with Crippen LogP contribution in [0.25, 0.3) is 16.5 Å². The van der Waals surface area contributed by atoms with Crippen molar-refractivity contribution >= 4 is 33.9 Å². The molecule has 0 unspecified atom stereocenters. The molecule has 0 aliphatic heterocycles. The highest BCUT2D eigenvalue weighted by Crippen LogP contribution is 2.28. The van der Waals surface area contributed by atoms with Crippen molar-refractivity contribution in [1.29, 1.82) is 0 Å². The molecule has 0 saturated heterocycles. The number of allylic oxidation sites excluding steroid dienone is 4. The van der Waals surface area contributed by atoms with E-state index in [1.165, 1.54) is 0 Å². The summed E-state index contributed by atoms with van der Waals surface area (Å²) in [6.45, 7) is 9.79. The lowest BCUT2D eigenvalue weighted by atomic mass is 10.1. The van der Waals surface area contributed by atoms with E-state index in [0.717, 1.165) is 34.2 Å². The van der Waals surface area contributed by atoms with Gasteiger partial charge in [-0.25, -0.2) is 0 Å². The second kappa shape index (κ2) is 10.3. The first-order valence-electron chi connectivity index (χ1n) is 11.1. The van der Waals surface area contributed by atoms with Crippen molar-refractivity contribution in [2.45, 2.75) is 47.1 Å². The first-order chi connectivity index (χ1) is 15.4. The number of ether oxygens (including phenoxy) is 1. The van der Waals surface area contributed by atoms with Gasteiger partial charge in [0.2, 0.25) is 11.7 Å². The lowest BCUT2D eigenvalue weighted by Crippen LogP contribution is -2.20. The molecule has 1 aliphatic rings. The minimum absolute atomic E-state index is 0.0143. The number of anilines is 1. The number of ketones is 1. The molecule has 6 heteroatoms. The Bertz CT molecular complexity index is 1180. The Morgan fingerprint density at radius 3 is 2.62 bits per heavy atom. The second-order valence-electron chi connectivity index (χ2n) is 7.74. The van der Waals surface area contributed by atoms with Gasteiger partial charge in [0.1, 0.15) is 6.61 Å². The molecule has 4 rings (SSSR count). The van der Waals surface area contributed by atoms with E-state index in [1.54, 1.807) is 6.07 Å². The Morgan fingerprint density at radius 2 is 1.88 bits per heavy atom. The highest BCUT2D eigenvalue weighted by molar-refractivity contribution is 6.11. The number of benzene rings is 1. The van der Waals surface area contributed by atoms with Crippen LogP contribution < -0.4 is 5.32 Å². The molecule has 6 nitrogen and oxygen atoms in total. The summed E-state index contributed by atoms with van der Waals surface area (Å²) in [5, 5.41) is 3.65. The Kier molecular flexibility index (Phi) is 7.49. The van der Waals surface area contributed by atoms with Gasteiger partial charge in [-0.05, 0) is 56.2 Å². The molecule has 1 aliphatic carbocycles. The zero-order valence-corrected chi connectivity index (χ0v) is 19.3. The molecule has 2 heterocycles. The summed E-state index contributed by atoms with van der Waals surface area (Å²) in [4.78, 5) is 31.7. The molecule has 0 atom stereocenters. The summed E-state index contributed by atoms with van der Waals surface area (Å²) < 4.78 is 5.36. The number of rotatable bonds is 6. The van der Waals surface area contributed by atoms with Crippen molar-refractivity contribution in [3.63, 3.8) is 0 Å². The van der Waals surface area contributed by atoms with E-state index < -0.39 is 0 Å². The molecule has 2 aromatic heterocycles. The first-order valence-corrected chi connectivity index (χ1v) is 11.1. The number of hydrogen-bond donors (Lipinski definition) is 3. The summed E-state index contributed by atoms with van der Waals surface area (Å²) >= 11 is 0. The lowest BCUT2D eigenvalue weighted by molar-refractivity contribution is -0.121. The van der Waals surface area contributed by atoms with Crippen LogP contribution in [0.1, 0.15) is 62.1 Å². The van der Waals surface area contributed by atoms with Gasteiger partial charge in [-0.3, -0.25) is 9.59 Å². The minimum atomic E-state index is -0.228. The van der Waals surface area contributed by atoms with Crippen LogP contribution in [0.2, 0.25) is 0 Å². The lowest BCUT2D eigenvalue weighted by Gasteiger charge is -2.09. The summed E-state index contributed by atoms with van der Waals surface area (Å²) in [7, 11) is 0. The average molecular weight is 434 g/mol. The molecule has 1 amide bonds. The Balaban J connectivity index is 0.00000141. The fourth-order valence-electron chi connectivity index (χ4n) is 3.58. The molecule has 3 aromatic rings. The molecule has 0 radical (unpaired) electrons. The number of fused-ring (bicyclic) bond motifs is 2. The maximum absolute atomic E-state index is 13.1. The van der Waals surface area contributed by atoms with Crippen molar-refractivity contribution < 1.29 is 14.3 Å². The fraction of sp³-hybridized carbons (Fsp3) is 0.308. The monoisotopic (exact) mass is 433 g/mol. The zero-order chi connectivity index (χ0) is 23.3. The van der Waals surface area contributed by atoms with Gasteiger partial charge in [-0.1, -0.05) is 38.1 Å². The number of H-pyrrole nitrogens is 2. The van der Waals surface area contributed by atoms with E-state index in [4.69, 9.17) is 4.74 Å². The molecule has 168 valence electrons. The number of carbonyl (C=O) groups is 2. The van der Waals surface area contributed by atoms with Gasteiger partial charge in [-0.2, -0.15) is 0 Å². The van der Waals surface area contributed by atoms with Gasteiger partial charge < -0.3 is 20.0 Å². The van der Waals surface area contributed by atoms with E-state index in [-0.39, 0.29) is 24.4 Å². The van der Waals surface area contributed by atoms with Crippen LogP contribution >= 0.6 is 0 Å². The van der Waals surface area contributed by atoms with Crippen LogP contribution in [0.4, 0.5) is 5.69 Å². The largest absolute Gasteiger partial charge is 0.369 e. The number of aromatic nitrogens is 2. The molecule has 32 heavy (non-hydrogen) atoms. The molecule has 3 N–H and O–H groups in total. The minimum Gasteiger partial charge on any atom is -0.369 e. The Labute approximate surface area is 188 Å². The first kappa shape index (κ1) is 23.3. The summed E-state index contributed by atoms with van der Waals surface area (Å²) in [6, 6.07) is 9.23. The third-order valence-electron chi connectivity index (χ3n) is 5.10. The Hall–Kier alpha value is -3.38. The number of carbonyl (C=O) groups excluding carboxylic acids is 2. The molecule has 1 aromatic carbocycles. The summed E-state index contributed by atoms with van der Waals surface area (Å²) in [5.74, 6) is -0.342. The molecule has 0 bridgehead atoms. The van der Waals surface area contributed by atoms with Crippen LogP contribution in [0, 0.1) is 0 Å². The van der Waals surface area contributed by atoms with Gasteiger partial charge in [0, 0.05) is 23.0 Å². The van der Waals surface area contributed by atoms with Crippen molar-refractivity contribution in [2.75, 3.05) is 11.9 Å². The third-order valence-corrected chi connectivity index (χ3v) is 5.10. The number of hydrogen-bond acceptors (Lipinski definition) is 3. The van der Waals surface area contributed by atoms with Crippen LogP contribution in [0.15, 0.2) is 48.6 Å². The van der Waals surface area contributed by atoms with Crippen LogP contribution in [-0.2, 0) is 16.0 Å². The molecule has 0 fully saturated rings. The van der Waals surface area contributed by atoms with Crippen molar-refractivity contribution in [2.24, 2.45) is 0 Å². The van der Waals surface area contributed by atoms with Crippen molar-refractivity contribution in [1.82, 2.24) is 9.97 Å².